The molecule has 2 unspecified atom stereocenters. The summed E-state index contributed by atoms with van der Waals surface area (Å²) >= 11 is 1.36. The zero-order valence-corrected chi connectivity index (χ0v) is 25.6. The fourth-order valence-electron chi connectivity index (χ4n) is 5.99. The van der Waals surface area contributed by atoms with Gasteiger partial charge in [0, 0.05) is 30.1 Å². The van der Waals surface area contributed by atoms with E-state index < -0.39 is 28.4 Å². The Morgan fingerprint density at radius 1 is 0.978 bits per heavy atom. The van der Waals surface area contributed by atoms with Crippen molar-refractivity contribution in [3.8, 4) is 11.1 Å². The van der Waals surface area contributed by atoms with E-state index in [2.05, 4.69) is 0 Å². The molecule has 1 saturated heterocycles. The normalized spacial score (nSPS) is 16.2. The molecule has 1 N–H and O–H groups in total. The van der Waals surface area contributed by atoms with Crippen LogP contribution in [0.25, 0.3) is 11.1 Å². The molecule has 0 aliphatic carbocycles. The summed E-state index contributed by atoms with van der Waals surface area (Å²) in [5.41, 5.74) is 1.18. The summed E-state index contributed by atoms with van der Waals surface area (Å²) in [6, 6.07) is 19.4. The molecule has 2 amide bonds. The second-order valence-electron chi connectivity index (χ2n) is 11.1. The first-order valence-electron chi connectivity index (χ1n) is 14.7. The Bertz CT molecular complexity index is 1680. The number of aromatic nitrogens is 1. The average molecular weight is 637 g/mol. The molecule has 0 bridgehead atoms. The van der Waals surface area contributed by atoms with Crippen molar-refractivity contribution in [2.75, 3.05) is 19.6 Å². The third-order valence-electron chi connectivity index (χ3n) is 8.67. The first-order chi connectivity index (χ1) is 21.5. The van der Waals surface area contributed by atoms with Gasteiger partial charge in [0.15, 0.2) is 6.04 Å². The molecule has 1 aromatic heterocycles. The number of halogens is 3. The lowest BCUT2D eigenvalue weighted by molar-refractivity contribution is -0.137. The molecular formula is C34H33F3N3O4S+. The number of quaternary nitrogens is 1. The Morgan fingerprint density at radius 3 is 2.20 bits per heavy atom. The molecule has 234 valence electrons. The summed E-state index contributed by atoms with van der Waals surface area (Å²) in [7, 11) is 0. The predicted molar refractivity (Wildman–Crippen MR) is 167 cm³/mol. The summed E-state index contributed by atoms with van der Waals surface area (Å²) in [6.45, 7) is 4.36. The van der Waals surface area contributed by atoms with Crippen LogP contribution in [0.5, 0.6) is 0 Å². The molecule has 5 rings (SSSR count). The molecule has 45 heavy (non-hydrogen) atoms. The highest BCUT2D eigenvalue weighted by Crippen LogP contribution is 2.37. The van der Waals surface area contributed by atoms with Crippen molar-refractivity contribution in [3.05, 3.63) is 106 Å². The summed E-state index contributed by atoms with van der Waals surface area (Å²) in [5, 5.41) is 12.9. The molecule has 1 aliphatic rings. The SMILES string of the molecule is CC[N+](C(=O)O)(c1csc(C2CCN(C(=O)c3ccccc3-c3ccc(C(F)(F)F)cc3)CC2)n1)C(C)C(=O)c1ccccc1. The molecule has 1 fully saturated rings. The van der Waals surface area contributed by atoms with Gasteiger partial charge in [-0.05, 0) is 56.0 Å². The molecule has 0 saturated carbocycles. The summed E-state index contributed by atoms with van der Waals surface area (Å²) in [4.78, 5) is 46.2. The minimum atomic E-state index is -4.45. The van der Waals surface area contributed by atoms with Crippen LogP contribution in [-0.2, 0) is 6.18 Å². The van der Waals surface area contributed by atoms with Crippen LogP contribution in [0.15, 0.2) is 84.2 Å². The number of likely N-dealkylation sites (tertiary alicyclic amines) is 1. The molecule has 0 spiro atoms. The van der Waals surface area contributed by atoms with Gasteiger partial charge in [-0.2, -0.15) is 27.4 Å². The van der Waals surface area contributed by atoms with Gasteiger partial charge in [-0.1, -0.05) is 60.7 Å². The van der Waals surface area contributed by atoms with Crippen molar-refractivity contribution in [1.29, 1.82) is 0 Å². The Morgan fingerprint density at radius 2 is 1.60 bits per heavy atom. The van der Waals surface area contributed by atoms with Crippen LogP contribution in [0.3, 0.4) is 0 Å². The number of carboxylic acid groups (broad SMARTS) is 1. The van der Waals surface area contributed by atoms with Gasteiger partial charge in [0.05, 0.1) is 17.5 Å². The van der Waals surface area contributed by atoms with E-state index in [1.807, 2.05) is 0 Å². The van der Waals surface area contributed by atoms with E-state index in [-0.39, 0.29) is 24.2 Å². The van der Waals surface area contributed by atoms with Gasteiger partial charge in [0.1, 0.15) is 5.01 Å². The Labute approximate surface area is 263 Å². The minimum absolute atomic E-state index is 0.00522. The van der Waals surface area contributed by atoms with Crippen LogP contribution >= 0.6 is 11.3 Å². The third-order valence-corrected chi connectivity index (χ3v) is 9.66. The number of thiazole rings is 1. The maximum Gasteiger partial charge on any atom is 0.520 e. The quantitative estimate of drug-likeness (QED) is 0.156. The number of benzene rings is 3. The summed E-state index contributed by atoms with van der Waals surface area (Å²) in [5.74, 6) is -0.168. The number of nitrogens with zero attached hydrogens (tertiary/aromatic N) is 3. The molecule has 11 heteroatoms. The monoisotopic (exact) mass is 636 g/mol. The zero-order chi connectivity index (χ0) is 32.4. The van der Waals surface area contributed by atoms with Crippen molar-refractivity contribution in [2.24, 2.45) is 0 Å². The number of amides is 2. The fourth-order valence-corrected chi connectivity index (χ4v) is 7.03. The first-order valence-corrected chi connectivity index (χ1v) is 15.6. The second kappa shape index (κ2) is 12.9. The predicted octanol–water partition coefficient (Wildman–Crippen LogP) is 8.13. The van der Waals surface area contributed by atoms with Crippen molar-refractivity contribution >= 4 is 34.9 Å². The van der Waals surface area contributed by atoms with Crippen LogP contribution in [0, 0.1) is 0 Å². The van der Waals surface area contributed by atoms with E-state index in [0.717, 1.165) is 17.1 Å². The number of carbonyl (C=O) groups excluding carboxylic acids is 2. The van der Waals surface area contributed by atoms with E-state index in [1.165, 1.54) is 23.5 Å². The number of likely N-dealkylation sites (N-methyl/N-ethyl adjacent to an activating group) is 1. The second-order valence-corrected chi connectivity index (χ2v) is 12.0. The van der Waals surface area contributed by atoms with Gasteiger partial charge in [-0.25, -0.2) is 0 Å². The highest BCUT2D eigenvalue weighted by atomic mass is 32.1. The topological polar surface area (TPSA) is 87.6 Å². The smallest absolute Gasteiger partial charge is 0.435 e. The van der Waals surface area contributed by atoms with Crippen molar-refractivity contribution in [3.63, 3.8) is 0 Å². The molecule has 1 aliphatic heterocycles. The minimum Gasteiger partial charge on any atom is -0.435 e. The molecule has 2 atom stereocenters. The number of piperidine rings is 1. The third kappa shape index (κ3) is 6.27. The molecule has 0 radical (unpaired) electrons. The number of Topliss-reactive ketones (excluding diaryl/α,β-unsaturated/α-hetero) is 1. The van der Waals surface area contributed by atoms with Crippen molar-refractivity contribution in [1.82, 2.24) is 14.4 Å². The lowest BCUT2D eigenvalue weighted by Crippen LogP contribution is -2.62. The molecular weight excluding hydrogens is 603 g/mol. The largest absolute Gasteiger partial charge is 0.520 e. The number of ketones is 1. The Hall–Kier alpha value is -4.35. The molecule has 4 aromatic rings. The number of hydrogen-bond acceptors (Lipinski definition) is 5. The first kappa shape index (κ1) is 32.1. The highest BCUT2D eigenvalue weighted by molar-refractivity contribution is 7.10. The maximum absolute atomic E-state index is 13.6. The van der Waals surface area contributed by atoms with E-state index in [1.54, 1.807) is 78.7 Å². The van der Waals surface area contributed by atoms with Gasteiger partial charge in [-0.3, -0.25) is 9.59 Å². The highest BCUT2D eigenvalue weighted by Gasteiger charge is 2.49. The molecule has 2 heterocycles. The van der Waals surface area contributed by atoms with Crippen LogP contribution in [0.4, 0.5) is 23.8 Å². The van der Waals surface area contributed by atoms with E-state index in [0.29, 0.717) is 54.0 Å². The van der Waals surface area contributed by atoms with Gasteiger partial charge in [0.25, 0.3) is 5.91 Å². The number of carbonyl (C=O) groups is 3. The van der Waals surface area contributed by atoms with Gasteiger partial charge >= 0.3 is 12.3 Å². The summed E-state index contributed by atoms with van der Waals surface area (Å²) < 4.78 is 38.6. The fraction of sp³-hybridized carbons (Fsp3) is 0.294. The maximum atomic E-state index is 13.6. The van der Waals surface area contributed by atoms with E-state index in [9.17, 15) is 32.7 Å². The standard InChI is InChI=1S/C34H32F3N3O4S/c1-3-40(33(43)44,22(2)30(41)24-9-5-4-6-10-24)29-21-45-31(38-29)25-17-19-39(20-18-25)32(42)28-12-8-7-11-27(28)23-13-15-26(16-14-23)34(35,36)37/h4-16,21-22,25H,3,17-20H2,1-2H3/p+1. The van der Waals surface area contributed by atoms with Crippen molar-refractivity contribution < 1.29 is 32.7 Å². The Balaban J connectivity index is 1.31. The zero-order valence-electron chi connectivity index (χ0n) is 24.8. The number of hydrogen-bond donors (Lipinski definition) is 1. The molecule has 7 nitrogen and oxygen atoms in total. The van der Waals surface area contributed by atoms with Crippen LogP contribution in [0.2, 0.25) is 0 Å². The number of alkyl halides is 3. The van der Waals surface area contributed by atoms with Gasteiger partial charge in [-0.15, -0.1) is 11.3 Å². The van der Waals surface area contributed by atoms with Crippen molar-refractivity contribution in [2.45, 2.75) is 44.8 Å². The van der Waals surface area contributed by atoms with Gasteiger partial charge in [0.2, 0.25) is 11.6 Å². The summed E-state index contributed by atoms with van der Waals surface area (Å²) in [6.07, 6.45) is -4.38. The van der Waals surface area contributed by atoms with E-state index >= 15 is 0 Å². The Kier molecular flexibility index (Phi) is 9.22. The van der Waals surface area contributed by atoms with Crippen LogP contribution in [-0.4, -0.2) is 58.5 Å². The lowest BCUT2D eigenvalue weighted by Gasteiger charge is -2.34. The van der Waals surface area contributed by atoms with Crippen LogP contribution < -0.4 is 4.48 Å². The lowest BCUT2D eigenvalue weighted by atomic mass is 9.94. The van der Waals surface area contributed by atoms with Crippen LogP contribution in [0.1, 0.15) is 63.9 Å². The van der Waals surface area contributed by atoms with E-state index in [4.69, 9.17) is 4.98 Å². The van der Waals surface area contributed by atoms with Gasteiger partial charge < -0.3 is 10.0 Å². The average Bonchev–Trinajstić information content (AvgIpc) is 3.55. The molecule has 3 aromatic carbocycles. The number of rotatable bonds is 8.